The summed E-state index contributed by atoms with van der Waals surface area (Å²) in [6.45, 7) is 10.4. The Morgan fingerprint density at radius 3 is 2.50 bits per heavy atom. The molecule has 5 heteroatoms. The molecule has 0 bridgehead atoms. The Hall–Kier alpha value is -1.26. The van der Waals surface area contributed by atoms with Gasteiger partial charge in [0.2, 0.25) is 5.91 Å². The van der Waals surface area contributed by atoms with E-state index in [9.17, 15) is 4.79 Å². The van der Waals surface area contributed by atoms with Gasteiger partial charge in [0.05, 0.1) is 5.54 Å². The van der Waals surface area contributed by atoms with E-state index in [1.165, 1.54) is 11.3 Å². The molecule has 0 aliphatic carbocycles. The van der Waals surface area contributed by atoms with Crippen molar-refractivity contribution >= 4 is 24.0 Å². The minimum absolute atomic E-state index is 0. The quantitative estimate of drug-likeness (QED) is 0.772. The van der Waals surface area contributed by atoms with Crippen molar-refractivity contribution in [3.8, 4) is 0 Å². The van der Waals surface area contributed by atoms with Crippen molar-refractivity contribution in [3.63, 3.8) is 0 Å². The standard InChI is InChI=1S/C17H29N3O.ClH/c1-5-11-17(4,18)16(21)19-12-13-20(6-2)15-10-8-7-9-14(15)3;/h7-10H,5-6,11-13,18H2,1-4H3,(H,19,21);1H. The lowest BCUT2D eigenvalue weighted by atomic mass is 9.96. The summed E-state index contributed by atoms with van der Waals surface area (Å²) in [6.07, 6.45) is 1.61. The monoisotopic (exact) mass is 327 g/mol. The molecule has 1 atom stereocenters. The molecule has 0 saturated heterocycles. The number of likely N-dealkylation sites (N-methyl/N-ethyl adjacent to an activating group) is 1. The number of nitrogens with zero attached hydrogens (tertiary/aromatic N) is 1. The lowest BCUT2D eigenvalue weighted by molar-refractivity contribution is -0.125. The van der Waals surface area contributed by atoms with Crippen LogP contribution in [0.5, 0.6) is 0 Å². The third-order valence-corrected chi connectivity index (χ3v) is 3.79. The van der Waals surface area contributed by atoms with E-state index in [0.717, 1.165) is 19.5 Å². The van der Waals surface area contributed by atoms with Gasteiger partial charge in [-0.3, -0.25) is 4.79 Å². The first kappa shape index (κ1) is 20.7. The van der Waals surface area contributed by atoms with Crippen molar-refractivity contribution in [2.45, 2.75) is 46.1 Å². The van der Waals surface area contributed by atoms with Crippen LogP contribution in [0.15, 0.2) is 24.3 Å². The van der Waals surface area contributed by atoms with Crippen LogP contribution in [0.1, 0.15) is 39.2 Å². The number of anilines is 1. The Kier molecular flexibility index (Phi) is 9.14. The Morgan fingerprint density at radius 2 is 1.95 bits per heavy atom. The van der Waals surface area contributed by atoms with Gasteiger partial charge in [-0.2, -0.15) is 0 Å². The molecule has 0 heterocycles. The van der Waals surface area contributed by atoms with E-state index in [4.69, 9.17) is 5.73 Å². The van der Waals surface area contributed by atoms with Crippen LogP contribution < -0.4 is 16.0 Å². The smallest absolute Gasteiger partial charge is 0.239 e. The van der Waals surface area contributed by atoms with Crippen LogP contribution in [0.2, 0.25) is 0 Å². The first-order valence-electron chi connectivity index (χ1n) is 7.80. The number of nitrogens with two attached hydrogens (primary N) is 1. The van der Waals surface area contributed by atoms with E-state index >= 15 is 0 Å². The molecule has 126 valence electrons. The predicted octanol–water partition coefficient (Wildman–Crippen LogP) is 2.88. The molecule has 1 unspecified atom stereocenters. The lowest BCUT2D eigenvalue weighted by Crippen LogP contribution is -2.52. The zero-order valence-electron chi connectivity index (χ0n) is 14.2. The Labute approximate surface area is 140 Å². The summed E-state index contributed by atoms with van der Waals surface area (Å²) in [6, 6.07) is 8.31. The van der Waals surface area contributed by atoms with Crippen molar-refractivity contribution in [3.05, 3.63) is 29.8 Å². The minimum Gasteiger partial charge on any atom is -0.370 e. The molecule has 1 aromatic rings. The lowest BCUT2D eigenvalue weighted by Gasteiger charge is -2.27. The molecule has 0 spiro atoms. The van der Waals surface area contributed by atoms with E-state index in [0.29, 0.717) is 13.0 Å². The van der Waals surface area contributed by atoms with Gasteiger partial charge in [-0.25, -0.2) is 0 Å². The zero-order chi connectivity index (χ0) is 15.9. The molecular formula is C17H30ClN3O. The van der Waals surface area contributed by atoms with E-state index < -0.39 is 5.54 Å². The number of rotatable bonds is 8. The van der Waals surface area contributed by atoms with Gasteiger partial charge >= 0.3 is 0 Å². The molecule has 1 amide bonds. The normalized spacial score (nSPS) is 13.0. The number of carbonyl (C=O) groups is 1. The fourth-order valence-electron chi connectivity index (χ4n) is 2.51. The number of aryl methyl sites for hydroxylation is 1. The summed E-state index contributed by atoms with van der Waals surface area (Å²) in [5.41, 5.74) is 7.73. The summed E-state index contributed by atoms with van der Waals surface area (Å²) in [5.74, 6) is -0.0646. The first-order chi connectivity index (χ1) is 9.92. The second kappa shape index (κ2) is 9.70. The summed E-state index contributed by atoms with van der Waals surface area (Å²) < 4.78 is 0. The number of hydrogen-bond acceptors (Lipinski definition) is 3. The topological polar surface area (TPSA) is 58.4 Å². The molecule has 0 aromatic heterocycles. The molecule has 1 aromatic carbocycles. The van der Waals surface area contributed by atoms with E-state index in [2.05, 4.69) is 36.2 Å². The Morgan fingerprint density at radius 1 is 1.32 bits per heavy atom. The molecule has 0 fully saturated rings. The molecule has 1 rings (SSSR count). The van der Waals surface area contributed by atoms with E-state index in [-0.39, 0.29) is 18.3 Å². The molecule has 0 aliphatic heterocycles. The van der Waals surface area contributed by atoms with Crippen molar-refractivity contribution in [2.75, 3.05) is 24.5 Å². The Balaban J connectivity index is 0.00000441. The van der Waals surface area contributed by atoms with Crippen molar-refractivity contribution < 1.29 is 4.79 Å². The number of benzene rings is 1. The first-order valence-corrected chi connectivity index (χ1v) is 7.80. The van der Waals surface area contributed by atoms with Gasteiger partial charge in [0.1, 0.15) is 0 Å². The van der Waals surface area contributed by atoms with Crippen LogP contribution in [0, 0.1) is 6.92 Å². The third kappa shape index (κ3) is 5.85. The number of nitrogens with one attached hydrogen (secondary N) is 1. The van der Waals surface area contributed by atoms with Crippen molar-refractivity contribution in [2.24, 2.45) is 5.73 Å². The van der Waals surface area contributed by atoms with Crippen molar-refractivity contribution in [1.29, 1.82) is 0 Å². The van der Waals surface area contributed by atoms with Gasteiger partial charge in [-0.05, 0) is 38.8 Å². The van der Waals surface area contributed by atoms with Gasteiger partial charge in [0.15, 0.2) is 0 Å². The summed E-state index contributed by atoms with van der Waals surface area (Å²) in [4.78, 5) is 14.3. The minimum atomic E-state index is -0.769. The average molecular weight is 328 g/mol. The maximum Gasteiger partial charge on any atom is 0.239 e. The van der Waals surface area contributed by atoms with E-state index in [1.54, 1.807) is 6.92 Å². The number of para-hydroxylation sites is 1. The fourth-order valence-corrected chi connectivity index (χ4v) is 2.51. The van der Waals surface area contributed by atoms with Gasteiger partial charge in [0, 0.05) is 25.3 Å². The second-order valence-corrected chi connectivity index (χ2v) is 5.79. The van der Waals surface area contributed by atoms with Crippen LogP contribution in [-0.4, -0.2) is 31.1 Å². The number of amides is 1. The maximum absolute atomic E-state index is 12.1. The molecule has 22 heavy (non-hydrogen) atoms. The molecule has 4 nitrogen and oxygen atoms in total. The largest absolute Gasteiger partial charge is 0.370 e. The van der Waals surface area contributed by atoms with Gasteiger partial charge in [-0.15, -0.1) is 12.4 Å². The molecule has 0 saturated carbocycles. The zero-order valence-corrected chi connectivity index (χ0v) is 15.0. The van der Waals surface area contributed by atoms with Crippen LogP contribution >= 0.6 is 12.4 Å². The number of halogens is 1. The van der Waals surface area contributed by atoms with Gasteiger partial charge in [-0.1, -0.05) is 31.5 Å². The van der Waals surface area contributed by atoms with Crippen LogP contribution in [0.25, 0.3) is 0 Å². The number of carbonyl (C=O) groups excluding carboxylic acids is 1. The SMILES string of the molecule is CCCC(C)(N)C(=O)NCCN(CC)c1ccccc1C.Cl. The second-order valence-electron chi connectivity index (χ2n) is 5.79. The highest BCUT2D eigenvalue weighted by Crippen LogP contribution is 2.18. The summed E-state index contributed by atoms with van der Waals surface area (Å²) >= 11 is 0. The van der Waals surface area contributed by atoms with Crippen LogP contribution in [-0.2, 0) is 4.79 Å². The maximum atomic E-state index is 12.1. The van der Waals surface area contributed by atoms with Crippen LogP contribution in [0.4, 0.5) is 5.69 Å². The highest BCUT2D eigenvalue weighted by atomic mass is 35.5. The highest BCUT2D eigenvalue weighted by Gasteiger charge is 2.26. The number of hydrogen-bond donors (Lipinski definition) is 2. The molecule has 3 N–H and O–H groups in total. The van der Waals surface area contributed by atoms with Gasteiger partial charge < -0.3 is 16.0 Å². The third-order valence-electron chi connectivity index (χ3n) is 3.79. The molecule has 0 radical (unpaired) electrons. The van der Waals surface area contributed by atoms with E-state index in [1.807, 2.05) is 19.1 Å². The van der Waals surface area contributed by atoms with Gasteiger partial charge in [0.25, 0.3) is 0 Å². The average Bonchev–Trinajstić information content (AvgIpc) is 2.44. The summed E-state index contributed by atoms with van der Waals surface area (Å²) in [5, 5.41) is 2.96. The molecule has 0 aliphatic rings. The Bertz CT molecular complexity index is 463. The van der Waals surface area contributed by atoms with Crippen molar-refractivity contribution in [1.82, 2.24) is 5.32 Å². The fraction of sp³-hybridized carbons (Fsp3) is 0.588. The van der Waals surface area contributed by atoms with Crippen LogP contribution in [0.3, 0.4) is 0 Å². The molecular weight excluding hydrogens is 298 g/mol. The highest BCUT2D eigenvalue weighted by molar-refractivity contribution is 5.85. The summed E-state index contributed by atoms with van der Waals surface area (Å²) in [7, 11) is 0. The predicted molar refractivity (Wildman–Crippen MR) is 96.8 cm³/mol.